The average molecular weight is 299 g/mol. The van der Waals surface area contributed by atoms with E-state index in [9.17, 15) is 4.79 Å². The minimum Gasteiger partial charge on any atom is -0.361 e. The van der Waals surface area contributed by atoms with E-state index >= 15 is 0 Å². The molecule has 6 heteroatoms. The summed E-state index contributed by atoms with van der Waals surface area (Å²) in [5.74, 6) is 1.58. The molecular weight excluding hydrogens is 276 g/mol. The van der Waals surface area contributed by atoms with E-state index in [1.807, 2.05) is 34.6 Å². The van der Waals surface area contributed by atoms with Crippen molar-refractivity contribution in [3.05, 3.63) is 17.0 Å². The zero-order valence-electron chi connectivity index (χ0n) is 12.7. The second-order valence-electron chi connectivity index (χ2n) is 6.20. The summed E-state index contributed by atoms with van der Waals surface area (Å²) in [6.07, 6.45) is 0. The number of carbonyl (C=O) groups is 1. The van der Waals surface area contributed by atoms with E-state index in [2.05, 4.69) is 20.6 Å². The van der Waals surface area contributed by atoms with Crippen molar-refractivity contribution in [1.29, 1.82) is 0 Å². The fourth-order valence-corrected chi connectivity index (χ4v) is 1.58. The van der Waals surface area contributed by atoms with Gasteiger partial charge in [-0.2, -0.15) is 0 Å². The van der Waals surface area contributed by atoms with E-state index < -0.39 is 0 Å². The van der Waals surface area contributed by atoms with Gasteiger partial charge in [0.2, 0.25) is 5.91 Å². The fourth-order valence-electron chi connectivity index (χ4n) is 1.39. The van der Waals surface area contributed by atoms with Gasteiger partial charge in [0, 0.05) is 18.0 Å². The van der Waals surface area contributed by atoms with Crippen LogP contribution in [0.1, 0.15) is 40.4 Å². The molecule has 0 aliphatic rings. The highest BCUT2D eigenvalue weighted by Crippen LogP contribution is 2.22. The molecule has 1 rings (SSSR count). The first-order valence-corrected chi connectivity index (χ1v) is 7.12. The lowest BCUT2D eigenvalue weighted by Crippen LogP contribution is -2.32. The van der Waals surface area contributed by atoms with E-state index in [0.717, 1.165) is 0 Å². The number of nitrogens with zero attached hydrogens (tertiary/aromatic N) is 2. The van der Waals surface area contributed by atoms with Gasteiger partial charge in [0.25, 0.3) is 0 Å². The summed E-state index contributed by atoms with van der Waals surface area (Å²) >= 11 is 5.98. The third-order valence-corrected chi connectivity index (χ3v) is 2.70. The molecule has 5 nitrogen and oxygen atoms in total. The van der Waals surface area contributed by atoms with Crippen molar-refractivity contribution in [1.82, 2.24) is 15.3 Å². The summed E-state index contributed by atoms with van der Waals surface area (Å²) in [5.41, 5.74) is -0.193. The van der Waals surface area contributed by atoms with Crippen LogP contribution in [-0.2, 0) is 10.2 Å². The number of hydrogen-bond donors (Lipinski definition) is 2. The molecule has 0 aliphatic carbocycles. The van der Waals surface area contributed by atoms with Gasteiger partial charge in [-0.25, -0.2) is 9.97 Å². The number of carbonyl (C=O) groups excluding carboxylic acids is 1. The molecule has 0 saturated heterocycles. The number of nitrogens with one attached hydrogen (secondary N) is 2. The van der Waals surface area contributed by atoms with Crippen LogP contribution in [0.3, 0.4) is 0 Å². The van der Waals surface area contributed by atoms with E-state index in [4.69, 9.17) is 11.6 Å². The first kappa shape index (κ1) is 16.7. The second-order valence-corrected chi connectivity index (χ2v) is 6.59. The Kier molecular flexibility index (Phi) is 5.74. The maximum Gasteiger partial charge on any atom is 0.239 e. The second kappa shape index (κ2) is 6.88. The first-order valence-electron chi connectivity index (χ1n) is 6.74. The van der Waals surface area contributed by atoms with Gasteiger partial charge in [-0.15, -0.1) is 0 Å². The van der Waals surface area contributed by atoms with Crippen molar-refractivity contribution in [2.45, 2.75) is 40.0 Å². The average Bonchev–Trinajstić information content (AvgIpc) is 2.32. The van der Waals surface area contributed by atoms with Crippen LogP contribution >= 0.6 is 11.6 Å². The number of halogens is 1. The molecule has 0 spiro atoms. The highest BCUT2D eigenvalue weighted by Gasteiger charge is 2.18. The molecule has 0 atom stereocenters. The van der Waals surface area contributed by atoms with E-state index in [0.29, 0.717) is 29.3 Å². The molecule has 1 heterocycles. The van der Waals surface area contributed by atoms with E-state index in [1.54, 1.807) is 6.07 Å². The third kappa shape index (κ3) is 5.74. The Morgan fingerprint density at radius 1 is 1.35 bits per heavy atom. The van der Waals surface area contributed by atoms with Gasteiger partial charge in [0.1, 0.15) is 16.8 Å². The van der Waals surface area contributed by atoms with Gasteiger partial charge in [-0.1, -0.05) is 46.2 Å². The summed E-state index contributed by atoms with van der Waals surface area (Å²) in [6, 6.07) is 1.62. The highest BCUT2D eigenvalue weighted by atomic mass is 35.5. The Labute approximate surface area is 125 Å². The maximum absolute atomic E-state index is 11.6. The predicted octanol–water partition coefficient (Wildman–Crippen LogP) is 2.61. The Balaban J connectivity index is 2.64. The lowest BCUT2D eigenvalue weighted by molar-refractivity contribution is -0.119. The van der Waals surface area contributed by atoms with Crippen molar-refractivity contribution in [2.24, 2.45) is 5.92 Å². The van der Waals surface area contributed by atoms with Crippen LogP contribution in [0.2, 0.25) is 5.15 Å². The van der Waals surface area contributed by atoms with Crippen molar-refractivity contribution >= 4 is 23.3 Å². The summed E-state index contributed by atoms with van der Waals surface area (Å²) in [4.78, 5) is 20.2. The normalized spacial score (nSPS) is 11.6. The van der Waals surface area contributed by atoms with Crippen LogP contribution in [0.25, 0.3) is 0 Å². The minimum absolute atomic E-state index is 0.0641. The van der Waals surface area contributed by atoms with Gasteiger partial charge in [-0.3, -0.25) is 4.79 Å². The van der Waals surface area contributed by atoms with Crippen LogP contribution in [0, 0.1) is 5.92 Å². The molecular formula is C14H23ClN4O. The number of anilines is 1. The van der Waals surface area contributed by atoms with Crippen molar-refractivity contribution in [3.8, 4) is 0 Å². The molecule has 0 unspecified atom stereocenters. The molecule has 1 amide bonds. The van der Waals surface area contributed by atoms with Crippen LogP contribution < -0.4 is 10.6 Å². The summed E-state index contributed by atoms with van der Waals surface area (Å²) in [7, 11) is 0. The summed E-state index contributed by atoms with van der Waals surface area (Å²) < 4.78 is 0. The van der Waals surface area contributed by atoms with Gasteiger partial charge in [0.05, 0.1) is 6.54 Å². The third-order valence-electron chi connectivity index (χ3n) is 2.50. The van der Waals surface area contributed by atoms with Gasteiger partial charge >= 0.3 is 0 Å². The SMILES string of the molecule is CC(C)CNC(=O)CNc1cc(Cl)nc(C(C)(C)C)n1. The number of aromatic nitrogens is 2. The predicted molar refractivity (Wildman–Crippen MR) is 82.1 cm³/mol. The fraction of sp³-hybridized carbons (Fsp3) is 0.643. The van der Waals surface area contributed by atoms with E-state index in [1.165, 1.54) is 0 Å². The molecule has 0 radical (unpaired) electrons. The maximum atomic E-state index is 11.6. The molecule has 1 aromatic rings. The standard InChI is InChI=1S/C14H23ClN4O/c1-9(2)7-17-12(20)8-16-11-6-10(15)18-13(19-11)14(3,4)5/h6,9H,7-8H2,1-5H3,(H,17,20)(H,16,18,19). The molecule has 0 saturated carbocycles. The van der Waals surface area contributed by atoms with Gasteiger partial charge in [0.15, 0.2) is 0 Å². The Morgan fingerprint density at radius 3 is 2.55 bits per heavy atom. The summed E-state index contributed by atoms with van der Waals surface area (Å²) in [6.45, 7) is 11.0. The largest absolute Gasteiger partial charge is 0.361 e. The van der Waals surface area contributed by atoms with Crippen molar-refractivity contribution in [3.63, 3.8) is 0 Å². The van der Waals surface area contributed by atoms with Crippen LogP contribution in [0.4, 0.5) is 5.82 Å². The monoisotopic (exact) mass is 298 g/mol. The van der Waals surface area contributed by atoms with Crippen LogP contribution in [0.15, 0.2) is 6.07 Å². The van der Waals surface area contributed by atoms with E-state index in [-0.39, 0.29) is 17.9 Å². The zero-order chi connectivity index (χ0) is 15.3. The zero-order valence-corrected chi connectivity index (χ0v) is 13.5. The lowest BCUT2D eigenvalue weighted by Gasteiger charge is -2.17. The van der Waals surface area contributed by atoms with Crippen LogP contribution in [-0.4, -0.2) is 29.0 Å². The number of amides is 1. The van der Waals surface area contributed by atoms with Gasteiger partial charge in [-0.05, 0) is 5.92 Å². The molecule has 0 aromatic carbocycles. The van der Waals surface area contributed by atoms with Gasteiger partial charge < -0.3 is 10.6 Å². The Morgan fingerprint density at radius 2 is 2.00 bits per heavy atom. The molecule has 20 heavy (non-hydrogen) atoms. The smallest absolute Gasteiger partial charge is 0.239 e. The lowest BCUT2D eigenvalue weighted by atomic mass is 9.96. The first-order chi connectivity index (χ1) is 9.18. The molecule has 0 bridgehead atoms. The minimum atomic E-state index is -0.193. The Bertz CT molecular complexity index is 469. The molecule has 1 aromatic heterocycles. The molecule has 112 valence electrons. The number of hydrogen-bond acceptors (Lipinski definition) is 4. The topological polar surface area (TPSA) is 66.9 Å². The number of rotatable bonds is 5. The van der Waals surface area contributed by atoms with Crippen molar-refractivity contribution in [2.75, 3.05) is 18.4 Å². The molecule has 0 aliphatic heterocycles. The highest BCUT2D eigenvalue weighted by molar-refractivity contribution is 6.29. The summed E-state index contributed by atoms with van der Waals surface area (Å²) in [5, 5.41) is 6.18. The Hall–Kier alpha value is -1.36. The van der Waals surface area contributed by atoms with Crippen LogP contribution in [0.5, 0.6) is 0 Å². The quantitative estimate of drug-likeness (QED) is 0.820. The van der Waals surface area contributed by atoms with Crippen molar-refractivity contribution < 1.29 is 4.79 Å². The molecule has 2 N–H and O–H groups in total. The molecule has 0 fully saturated rings.